The van der Waals surface area contributed by atoms with Gasteiger partial charge >= 0.3 is 0 Å². The molecule has 6 aromatic carbocycles. The molecule has 1 aliphatic rings. The number of benzene rings is 6. The van der Waals surface area contributed by atoms with Crippen molar-refractivity contribution in [1.82, 2.24) is 9.55 Å². The fourth-order valence-electron chi connectivity index (χ4n) is 9.82. The van der Waals surface area contributed by atoms with E-state index in [-0.39, 0.29) is 42.7 Å². The van der Waals surface area contributed by atoms with Crippen molar-refractivity contribution in [3.8, 4) is 17.3 Å². The van der Waals surface area contributed by atoms with Crippen LogP contribution in [0.25, 0.3) is 33.3 Å². The molecular weight excluding hydrogens is 1050 g/mol. The van der Waals surface area contributed by atoms with Crippen LogP contribution in [0.1, 0.15) is 160 Å². The quantitative estimate of drug-likeness (QED) is 0.128. The zero-order valence-corrected chi connectivity index (χ0v) is 46.8. The van der Waals surface area contributed by atoms with E-state index in [1.54, 1.807) is 0 Å². The van der Waals surface area contributed by atoms with Crippen LogP contribution in [-0.2, 0) is 42.7 Å². The Morgan fingerprint density at radius 1 is 0.549 bits per heavy atom. The fraction of sp³-hybridized carbons (Fsp3) is 0.323. The second-order valence-corrected chi connectivity index (χ2v) is 23.6. The maximum Gasteiger partial charge on any atom is 0.135 e. The largest absolute Gasteiger partial charge is 0.509 e. The summed E-state index contributed by atoms with van der Waals surface area (Å²) >= 11 is 0. The van der Waals surface area contributed by atoms with Crippen LogP contribution in [0.4, 0.5) is 11.4 Å². The minimum atomic E-state index is -0.211. The van der Waals surface area contributed by atoms with Crippen LogP contribution in [-0.4, -0.2) is 9.55 Å². The van der Waals surface area contributed by atoms with Gasteiger partial charge in [0.1, 0.15) is 5.82 Å². The minimum Gasteiger partial charge on any atom is -0.509 e. The van der Waals surface area contributed by atoms with Gasteiger partial charge in [0.2, 0.25) is 0 Å². The topological polar surface area (TPSA) is 33.5 Å². The van der Waals surface area contributed by atoms with Crippen LogP contribution in [0.2, 0.25) is 0 Å². The Hall–Kier alpha value is -5.90. The molecule has 1 aliphatic heterocycles. The molecule has 0 amide bonds. The van der Waals surface area contributed by atoms with Crippen LogP contribution in [0, 0.1) is 18.8 Å². The molecule has 0 aliphatic carbocycles. The minimum absolute atomic E-state index is 0. The van der Waals surface area contributed by atoms with Gasteiger partial charge in [0.15, 0.2) is 0 Å². The van der Waals surface area contributed by atoms with Gasteiger partial charge in [-0.25, -0.2) is 4.98 Å². The second-order valence-electron chi connectivity index (χ2n) is 23.6. The van der Waals surface area contributed by atoms with Crippen LogP contribution in [0.5, 0.6) is 11.5 Å². The third-order valence-electron chi connectivity index (χ3n) is 14.3. The summed E-state index contributed by atoms with van der Waals surface area (Å²) in [6.45, 7) is 36.4. The van der Waals surface area contributed by atoms with E-state index in [9.17, 15) is 0 Å². The smallest absolute Gasteiger partial charge is 0.135 e. The van der Waals surface area contributed by atoms with Crippen molar-refractivity contribution < 1.29 is 25.8 Å². The fourth-order valence-corrected chi connectivity index (χ4v) is 9.82. The SMILES string of the molecule is CC(C)c1cccc(C(C)C)c1C1=CN(c2[c-]c(Oc3[c-]c4c(cc3)c3cc(C(C)(C)C)ccc3n4-c3cc(C(C)(C)C)ccn3)cc(C(C)(C)C)c2)[CH-]N1c1cccc(C(C)(C)c2ccccc2)c1.[Pt]. The van der Waals surface area contributed by atoms with E-state index in [1.807, 2.05) is 12.3 Å². The molecule has 6 heteroatoms. The number of anilines is 2. The summed E-state index contributed by atoms with van der Waals surface area (Å²) in [6, 6.07) is 54.0. The Balaban J connectivity index is 0.00000676. The van der Waals surface area contributed by atoms with Gasteiger partial charge in [0.25, 0.3) is 0 Å². The summed E-state index contributed by atoms with van der Waals surface area (Å²) in [5.74, 6) is 2.73. The third-order valence-corrected chi connectivity index (χ3v) is 14.3. The van der Waals surface area contributed by atoms with Crippen molar-refractivity contribution in [2.45, 2.75) is 137 Å². The number of hydrogen-bond acceptors (Lipinski definition) is 4. The van der Waals surface area contributed by atoms with Crippen LogP contribution in [0.15, 0.2) is 140 Å². The Bertz CT molecular complexity index is 3240. The van der Waals surface area contributed by atoms with Crippen LogP contribution < -0.4 is 14.5 Å². The van der Waals surface area contributed by atoms with E-state index in [0.717, 1.165) is 44.9 Å². The molecule has 2 aromatic heterocycles. The van der Waals surface area contributed by atoms with Gasteiger partial charge in [-0.2, -0.15) is 6.07 Å². The van der Waals surface area contributed by atoms with E-state index < -0.39 is 0 Å². The number of nitrogens with zero attached hydrogens (tertiary/aromatic N) is 4. The maximum atomic E-state index is 6.97. The molecule has 0 atom stereocenters. The maximum absolute atomic E-state index is 6.97. The molecule has 370 valence electrons. The molecule has 5 nitrogen and oxygen atoms in total. The van der Waals surface area contributed by atoms with Gasteiger partial charge < -0.3 is 19.1 Å². The Morgan fingerprint density at radius 3 is 1.83 bits per heavy atom. The zero-order chi connectivity index (χ0) is 50.1. The number of ether oxygens (including phenoxy) is 1. The van der Waals surface area contributed by atoms with Crippen molar-refractivity contribution >= 4 is 38.9 Å². The van der Waals surface area contributed by atoms with E-state index in [1.165, 1.54) is 44.3 Å². The Labute approximate surface area is 439 Å². The molecule has 0 spiro atoms. The Kier molecular flexibility index (Phi) is 14.0. The van der Waals surface area contributed by atoms with Crippen molar-refractivity contribution in [3.63, 3.8) is 0 Å². The predicted molar refractivity (Wildman–Crippen MR) is 296 cm³/mol. The van der Waals surface area contributed by atoms with E-state index in [2.05, 4.69) is 265 Å². The van der Waals surface area contributed by atoms with E-state index in [0.29, 0.717) is 23.3 Å². The number of rotatable bonds is 10. The first-order valence-electron chi connectivity index (χ1n) is 25.2. The van der Waals surface area contributed by atoms with Gasteiger partial charge in [0, 0.05) is 66.6 Å². The predicted octanol–water partition coefficient (Wildman–Crippen LogP) is 17.5. The molecule has 0 saturated carbocycles. The molecule has 0 N–H and O–H groups in total. The van der Waals surface area contributed by atoms with Gasteiger partial charge in [-0.1, -0.05) is 182 Å². The first kappa shape index (κ1) is 51.5. The summed E-state index contributed by atoms with van der Waals surface area (Å²) in [7, 11) is 0. The van der Waals surface area contributed by atoms with Gasteiger partial charge in [-0.05, 0) is 103 Å². The molecule has 0 fully saturated rings. The summed E-state index contributed by atoms with van der Waals surface area (Å²) in [5, 5.41) is 2.27. The van der Waals surface area contributed by atoms with Crippen LogP contribution >= 0.6 is 0 Å². The number of fused-ring (bicyclic) bond motifs is 3. The zero-order valence-electron chi connectivity index (χ0n) is 44.5. The molecule has 0 unspecified atom stereocenters. The molecule has 3 heterocycles. The molecule has 71 heavy (non-hydrogen) atoms. The summed E-state index contributed by atoms with van der Waals surface area (Å²) in [5.41, 5.74) is 14.8. The molecule has 9 rings (SSSR count). The number of hydrogen-bond donors (Lipinski definition) is 0. The van der Waals surface area contributed by atoms with Crippen molar-refractivity contribution in [3.05, 3.63) is 203 Å². The number of aromatic nitrogens is 2. The molecule has 0 saturated heterocycles. The summed E-state index contributed by atoms with van der Waals surface area (Å²) < 4.78 is 9.21. The van der Waals surface area contributed by atoms with Crippen LogP contribution in [0.3, 0.4) is 0 Å². The van der Waals surface area contributed by atoms with Gasteiger partial charge in [-0.15, -0.1) is 53.6 Å². The average Bonchev–Trinajstić information content (AvgIpc) is 3.90. The summed E-state index contributed by atoms with van der Waals surface area (Å²) in [4.78, 5) is 9.58. The first-order chi connectivity index (χ1) is 33.0. The summed E-state index contributed by atoms with van der Waals surface area (Å²) in [6.07, 6.45) is 4.22. The normalized spacial score (nSPS) is 13.7. The average molecular weight is 1120 g/mol. The standard InChI is InChI=1S/C65H71N4O.Pt/c1-42(2)53-25-20-26-54(43(3)4)61(53)59-40-67(41-68(59)49-24-19-23-47(33-49)65(14,15)44-21-17-16-18-22-44)50-34-48(64(11,12)13)35-52(38-50)70-51-28-29-55-56-36-45(62(5,6)7)27-30-57(56)69(58(55)39-51)60-37-46(31-32-66-60)63(8,9)10;/h16-37,40-43H,1-15H3;/q-3;. The monoisotopic (exact) mass is 1120 g/mol. The van der Waals surface area contributed by atoms with E-state index in [4.69, 9.17) is 9.72 Å². The van der Waals surface area contributed by atoms with Crippen molar-refractivity contribution in [2.24, 2.45) is 0 Å². The van der Waals surface area contributed by atoms with Crippen molar-refractivity contribution in [2.75, 3.05) is 9.80 Å². The molecule has 0 bridgehead atoms. The number of pyridine rings is 1. The van der Waals surface area contributed by atoms with Gasteiger partial charge in [-0.3, -0.25) is 0 Å². The second kappa shape index (κ2) is 19.3. The van der Waals surface area contributed by atoms with E-state index >= 15 is 0 Å². The molecule has 0 radical (unpaired) electrons. The van der Waals surface area contributed by atoms with Gasteiger partial charge in [0.05, 0.1) is 0 Å². The molecular formula is C65H71N4OPt-3. The first-order valence-corrected chi connectivity index (χ1v) is 25.2. The third kappa shape index (κ3) is 10.1. The molecule has 8 aromatic rings. The Morgan fingerprint density at radius 2 is 1.18 bits per heavy atom. The van der Waals surface area contributed by atoms with Crippen molar-refractivity contribution in [1.29, 1.82) is 0 Å².